The first-order chi connectivity index (χ1) is 11.2. The van der Waals surface area contributed by atoms with Gasteiger partial charge in [0.25, 0.3) is 0 Å². The summed E-state index contributed by atoms with van der Waals surface area (Å²) in [5.74, 6) is 0.252. The molecule has 0 unspecified atom stereocenters. The monoisotopic (exact) mass is 320 g/mol. The largest absolute Gasteiger partial charge is 0.381 e. The summed E-state index contributed by atoms with van der Waals surface area (Å²) < 4.78 is 18.3. The normalized spacial score (nSPS) is 21.2. The molecule has 23 heavy (non-hydrogen) atoms. The SMILES string of the molecule is O=C(C1CCOCC1)N1CCCN(Cc2ccc(F)cc2)CC1. The van der Waals surface area contributed by atoms with Crippen molar-refractivity contribution in [1.29, 1.82) is 0 Å². The van der Waals surface area contributed by atoms with Crippen molar-refractivity contribution in [2.45, 2.75) is 25.8 Å². The maximum Gasteiger partial charge on any atom is 0.225 e. The number of nitrogens with zero attached hydrogens (tertiary/aromatic N) is 2. The molecule has 0 bridgehead atoms. The van der Waals surface area contributed by atoms with Gasteiger partial charge in [0, 0.05) is 51.9 Å². The molecule has 1 aromatic carbocycles. The van der Waals surface area contributed by atoms with E-state index in [0.29, 0.717) is 19.1 Å². The molecule has 5 heteroatoms. The highest BCUT2D eigenvalue weighted by Gasteiger charge is 2.27. The molecule has 0 saturated carbocycles. The Balaban J connectivity index is 1.52. The average molecular weight is 320 g/mol. The summed E-state index contributed by atoms with van der Waals surface area (Å²) in [5, 5.41) is 0. The third kappa shape index (κ3) is 4.52. The van der Waals surface area contributed by atoms with Gasteiger partial charge in [0.05, 0.1) is 0 Å². The van der Waals surface area contributed by atoms with Gasteiger partial charge in [-0.1, -0.05) is 12.1 Å². The third-order valence-electron chi connectivity index (χ3n) is 4.79. The molecule has 4 nitrogen and oxygen atoms in total. The van der Waals surface area contributed by atoms with Crippen LogP contribution >= 0.6 is 0 Å². The minimum absolute atomic E-state index is 0.146. The predicted octanol–water partition coefficient (Wildman–Crippen LogP) is 2.29. The van der Waals surface area contributed by atoms with Crippen LogP contribution in [0, 0.1) is 11.7 Å². The van der Waals surface area contributed by atoms with Crippen LogP contribution in [-0.4, -0.2) is 55.1 Å². The standard InChI is InChI=1S/C18H25FN2O2/c19-17-4-2-15(3-5-17)14-20-8-1-9-21(11-10-20)18(22)16-6-12-23-13-7-16/h2-5,16H,1,6-14H2. The smallest absolute Gasteiger partial charge is 0.225 e. The number of rotatable bonds is 3. The van der Waals surface area contributed by atoms with Gasteiger partial charge in [0.15, 0.2) is 0 Å². The molecular formula is C18H25FN2O2. The Morgan fingerprint density at radius 1 is 1.09 bits per heavy atom. The fraction of sp³-hybridized carbons (Fsp3) is 0.611. The number of halogens is 1. The van der Waals surface area contributed by atoms with Gasteiger partial charge in [-0.05, 0) is 37.0 Å². The molecule has 0 spiro atoms. The first kappa shape index (κ1) is 16.4. The second-order valence-electron chi connectivity index (χ2n) is 6.47. The van der Waals surface area contributed by atoms with Crippen LogP contribution in [0.2, 0.25) is 0 Å². The summed E-state index contributed by atoms with van der Waals surface area (Å²) in [6, 6.07) is 6.69. The minimum Gasteiger partial charge on any atom is -0.381 e. The molecule has 0 N–H and O–H groups in total. The molecule has 126 valence electrons. The molecule has 1 amide bonds. The lowest BCUT2D eigenvalue weighted by Crippen LogP contribution is -2.40. The van der Waals surface area contributed by atoms with Gasteiger partial charge in [0.2, 0.25) is 5.91 Å². The van der Waals surface area contributed by atoms with Gasteiger partial charge >= 0.3 is 0 Å². The molecule has 2 aliphatic heterocycles. The molecule has 0 aromatic heterocycles. The second-order valence-corrected chi connectivity index (χ2v) is 6.47. The van der Waals surface area contributed by atoms with Crippen molar-refractivity contribution in [2.75, 3.05) is 39.4 Å². The summed E-state index contributed by atoms with van der Waals surface area (Å²) in [7, 11) is 0. The van der Waals surface area contributed by atoms with E-state index in [9.17, 15) is 9.18 Å². The van der Waals surface area contributed by atoms with Crippen LogP contribution in [0.5, 0.6) is 0 Å². The number of hydrogen-bond donors (Lipinski definition) is 0. The lowest BCUT2D eigenvalue weighted by atomic mass is 9.98. The zero-order chi connectivity index (χ0) is 16.1. The molecule has 2 aliphatic rings. The minimum atomic E-state index is -0.196. The molecule has 0 radical (unpaired) electrons. The summed E-state index contributed by atoms with van der Waals surface area (Å²) in [6.45, 7) is 5.73. The van der Waals surface area contributed by atoms with E-state index in [1.807, 2.05) is 17.0 Å². The van der Waals surface area contributed by atoms with Gasteiger partial charge in [0.1, 0.15) is 5.82 Å². The molecule has 1 aromatic rings. The summed E-state index contributed by atoms with van der Waals surface area (Å²) >= 11 is 0. The number of carbonyl (C=O) groups is 1. The van der Waals surface area contributed by atoms with E-state index in [-0.39, 0.29) is 11.7 Å². The second kappa shape index (κ2) is 7.88. The Morgan fingerprint density at radius 3 is 2.57 bits per heavy atom. The van der Waals surface area contributed by atoms with E-state index in [1.54, 1.807) is 0 Å². The predicted molar refractivity (Wildman–Crippen MR) is 86.4 cm³/mol. The third-order valence-corrected chi connectivity index (χ3v) is 4.79. The Labute approximate surface area is 137 Å². The van der Waals surface area contributed by atoms with Crippen molar-refractivity contribution in [3.63, 3.8) is 0 Å². The maximum absolute atomic E-state index is 13.0. The van der Waals surface area contributed by atoms with E-state index < -0.39 is 0 Å². The van der Waals surface area contributed by atoms with Gasteiger partial charge in [-0.2, -0.15) is 0 Å². The van der Waals surface area contributed by atoms with Crippen LogP contribution in [0.15, 0.2) is 24.3 Å². The van der Waals surface area contributed by atoms with Crippen molar-refractivity contribution in [3.8, 4) is 0 Å². The summed E-state index contributed by atoms with van der Waals surface area (Å²) in [5.41, 5.74) is 1.12. The van der Waals surface area contributed by atoms with Crippen LogP contribution in [-0.2, 0) is 16.1 Å². The lowest BCUT2D eigenvalue weighted by molar-refractivity contribution is -0.138. The van der Waals surface area contributed by atoms with Gasteiger partial charge < -0.3 is 9.64 Å². The van der Waals surface area contributed by atoms with E-state index >= 15 is 0 Å². The Hall–Kier alpha value is -1.46. The number of carbonyl (C=O) groups excluding carboxylic acids is 1. The van der Waals surface area contributed by atoms with Crippen LogP contribution < -0.4 is 0 Å². The molecule has 2 saturated heterocycles. The molecule has 0 atom stereocenters. The Kier molecular flexibility index (Phi) is 5.62. The summed E-state index contributed by atoms with van der Waals surface area (Å²) in [4.78, 5) is 17.0. The maximum atomic E-state index is 13.0. The molecule has 2 fully saturated rings. The molecule has 0 aliphatic carbocycles. The van der Waals surface area contributed by atoms with Crippen LogP contribution in [0.25, 0.3) is 0 Å². The highest BCUT2D eigenvalue weighted by Crippen LogP contribution is 2.19. The average Bonchev–Trinajstić information content (AvgIpc) is 2.83. The van der Waals surface area contributed by atoms with Crippen LogP contribution in [0.3, 0.4) is 0 Å². The van der Waals surface area contributed by atoms with Crippen molar-refractivity contribution in [3.05, 3.63) is 35.6 Å². The molecular weight excluding hydrogens is 295 g/mol. The number of hydrogen-bond acceptors (Lipinski definition) is 3. The Morgan fingerprint density at radius 2 is 1.83 bits per heavy atom. The van der Waals surface area contributed by atoms with E-state index in [0.717, 1.165) is 57.5 Å². The fourth-order valence-corrected chi connectivity index (χ4v) is 3.40. The number of amides is 1. The van der Waals surface area contributed by atoms with Gasteiger partial charge in [-0.15, -0.1) is 0 Å². The zero-order valence-corrected chi connectivity index (χ0v) is 13.5. The summed E-state index contributed by atoms with van der Waals surface area (Å²) in [6.07, 6.45) is 2.71. The zero-order valence-electron chi connectivity index (χ0n) is 13.5. The number of ether oxygens (including phenoxy) is 1. The topological polar surface area (TPSA) is 32.8 Å². The van der Waals surface area contributed by atoms with E-state index in [2.05, 4.69) is 4.90 Å². The fourth-order valence-electron chi connectivity index (χ4n) is 3.40. The van der Waals surface area contributed by atoms with Crippen molar-refractivity contribution < 1.29 is 13.9 Å². The molecule has 2 heterocycles. The number of benzene rings is 1. The van der Waals surface area contributed by atoms with Gasteiger partial charge in [-0.25, -0.2) is 4.39 Å². The highest BCUT2D eigenvalue weighted by atomic mass is 19.1. The van der Waals surface area contributed by atoms with Crippen LogP contribution in [0.4, 0.5) is 4.39 Å². The first-order valence-electron chi connectivity index (χ1n) is 8.56. The highest BCUT2D eigenvalue weighted by molar-refractivity contribution is 5.79. The first-order valence-corrected chi connectivity index (χ1v) is 8.56. The van der Waals surface area contributed by atoms with Crippen LogP contribution in [0.1, 0.15) is 24.8 Å². The van der Waals surface area contributed by atoms with Crippen molar-refractivity contribution >= 4 is 5.91 Å². The quantitative estimate of drug-likeness (QED) is 0.857. The van der Waals surface area contributed by atoms with Gasteiger partial charge in [-0.3, -0.25) is 9.69 Å². The lowest BCUT2D eigenvalue weighted by Gasteiger charge is -2.28. The van der Waals surface area contributed by atoms with E-state index in [1.165, 1.54) is 12.1 Å². The Bertz CT molecular complexity index is 514. The van der Waals surface area contributed by atoms with E-state index in [4.69, 9.17) is 4.74 Å². The molecule has 3 rings (SSSR count). The van der Waals surface area contributed by atoms with Crippen molar-refractivity contribution in [1.82, 2.24) is 9.80 Å². The van der Waals surface area contributed by atoms with Crippen molar-refractivity contribution in [2.24, 2.45) is 5.92 Å².